The van der Waals surface area contributed by atoms with Crippen molar-refractivity contribution < 1.29 is 14.7 Å². The van der Waals surface area contributed by atoms with Crippen LogP contribution in [0, 0.1) is 0 Å². The summed E-state index contributed by atoms with van der Waals surface area (Å²) in [7, 11) is 0. The van der Waals surface area contributed by atoms with Crippen LogP contribution in [0.15, 0.2) is 30.3 Å². The van der Waals surface area contributed by atoms with E-state index in [1.54, 1.807) is 0 Å². The Labute approximate surface area is 114 Å². The van der Waals surface area contributed by atoms with Gasteiger partial charge in [0.2, 0.25) is 0 Å². The van der Waals surface area contributed by atoms with E-state index in [9.17, 15) is 9.59 Å². The molecule has 1 aliphatic heterocycles. The highest BCUT2D eigenvalue weighted by Crippen LogP contribution is 2.28. The SMILES string of the molecule is O=C(O)C1CCCN1C(=O)c1cc2ccccc2s1. The Balaban J connectivity index is 1.93. The van der Waals surface area contributed by atoms with Gasteiger partial charge in [0.05, 0.1) is 4.88 Å². The van der Waals surface area contributed by atoms with E-state index < -0.39 is 12.0 Å². The van der Waals surface area contributed by atoms with Gasteiger partial charge in [-0.1, -0.05) is 18.2 Å². The van der Waals surface area contributed by atoms with Crippen molar-refractivity contribution in [3.8, 4) is 0 Å². The number of likely N-dealkylation sites (tertiary alicyclic amines) is 1. The summed E-state index contributed by atoms with van der Waals surface area (Å²) in [5, 5.41) is 10.2. The second kappa shape index (κ2) is 4.66. The Morgan fingerprint density at radius 2 is 2.11 bits per heavy atom. The zero-order valence-corrected chi connectivity index (χ0v) is 11.0. The van der Waals surface area contributed by atoms with Gasteiger partial charge in [0.15, 0.2) is 0 Å². The van der Waals surface area contributed by atoms with Crippen LogP contribution in [0.5, 0.6) is 0 Å². The number of carbonyl (C=O) groups excluding carboxylic acids is 1. The lowest BCUT2D eigenvalue weighted by Gasteiger charge is -2.20. The Morgan fingerprint density at radius 1 is 1.32 bits per heavy atom. The monoisotopic (exact) mass is 275 g/mol. The van der Waals surface area contributed by atoms with Crippen LogP contribution >= 0.6 is 11.3 Å². The molecule has 1 atom stereocenters. The van der Waals surface area contributed by atoms with Gasteiger partial charge in [0.1, 0.15) is 6.04 Å². The minimum Gasteiger partial charge on any atom is -0.480 e. The topological polar surface area (TPSA) is 57.6 Å². The number of hydrogen-bond donors (Lipinski definition) is 1. The fourth-order valence-corrected chi connectivity index (χ4v) is 3.51. The van der Waals surface area contributed by atoms with E-state index >= 15 is 0 Å². The summed E-state index contributed by atoms with van der Waals surface area (Å²) >= 11 is 1.42. The molecule has 0 bridgehead atoms. The van der Waals surface area contributed by atoms with Gasteiger partial charge < -0.3 is 10.0 Å². The first-order valence-electron chi connectivity index (χ1n) is 6.19. The van der Waals surface area contributed by atoms with Crippen molar-refractivity contribution in [1.29, 1.82) is 0 Å². The number of thiophene rings is 1. The number of carboxylic acid groups (broad SMARTS) is 1. The van der Waals surface area contributed by atoms with Crippen molar-refractivity contribution in [3.05, 3.63) is 35.2 Å². The third-order valence-electron chi connectivity index (χ3n) is 3.44. The van der Waals surface area contributed by atoms with Crippen LogP contribution in [0.4, 0.5) is 0 Å². The lowest BCUT2D eigenvalue weighted by atomic mass is 10.2. The summed E-state index contributed by atoms with van der Waals surface area (Å²) in [5.74, 6) is -1.07. The lowest BCUT2D eigenvalue weighted by Crippen LogP contribution is -2.40. The summed E-state index contributed by atoms with van der Waals surface area (Å²) < 4.78 is 1.05. The molecule has 1 fully saturated rings. The van der Waals surface area contributed by atoms with Crippen LogP contribution in [-0.4, -0.2) is 34.5 Å². The largest absolute Gasteiger partial charge is 0.480 e. The Morgan fingerprint density at radius 3 is 2.84 bits per heavy atom. The third kappa shape index (κ3) is 2.10. The highest BCUT2D eigenvalue weighted by molar-refractivity contribution is 7.20. The molecule has 2 aromatic rings. The maximum absolute atomic E-state index is 12.4. The maximum Gasteiger partial charge on any atom is 0.326 e. The molecule has 0 aliphatic carbocycles. The average molecular weight is 275 g/mol. The molecule has 3 rings (SSSR count). The molecular weight excluding hydrogens is 262 g/mol. The summed E-state index contributed by atoms with van der Waals surface area (Å²) in [6.07, 6.45) is 1.31. The minimum atomic E-state index is -0.910. The van der Waals surface area contributed by atoms with Crippen molar-refractivity contribution in [2.75, 3.05) is 6.54 Å². The summed E-state index contributed by atoms with van der Waals surface area (Å²) in [4.78, 5) is 25.6. The molecule has 0 spiro atoms. The van der Waals surface area contributed by atoms with Gasteiger partial charge in [-0.15, -0.1) is 11.3 Å². The molecule has 1 aromatic carbocycles. The van der Waals surface area contributed by atoms with Crippen molar-refractivity contribution >= 4 is 33.3 Å². The van der Waals surface area contributed by atoms with Crippen LogP contribution in [0.3, 0.4) is 0 Å². The average Bonchev–Trinajstić information content (AvgIpc) is 3.04. The molecule has 0 saturated carbocycles. The number of rotatable bonds is 2. The molecular formula is C14H13NO3S. The first-order valence-corrected chi connectivity index (χ1v) is 7.01. The summed E-state index contributed by atoms with van der Waals surface area (Å²) in [6, 6.07) is 8.97. The molecule has 98 valence electrons. The van der Waals surface area contributed by atoms with Gasteiger partial charge in [-0.25, -0.2) is 4.79 Å². The highest BCUT2D eigenvalue weighted by atomic mass is 32.1. The quantitative estimate of drug-likeness (QED) is 0.916. The standard InChI is InChI=1S/C14H13NO3S/c16-13(15-7-3-5-10(15)14(17)18)12-8-9-4-1-2-6-11(9)19-12/h1-2,4,6,8,10H,3,5,7H2,(H,17,18). The first kappa shape index (κ1) is 12.2. The van der Waals surface area contributed by atoms with Crippen molar-refractivity contribution in [1.82, 2.24) is 4.90 Å². The molecule has 4 nitrogen and oxygen atoms in total. The molecule has 5 heteroatoms. The van der Waals surface area contributed by atoms with Crippen molar-refractivity contribution in [3.63, 3.8) is 0 Å². The number of amides is 1. The second-order valence-electron chi connectivity index (χ2n) is 4.64. The van der Waals surface area contributed by atoms with Gasteiger partial charge in [0, 0.05) is 11.2 Å². The molecule has 0 radical (unpaired) electrons. The van der Waals surface area contributed by atoms with Crippen molar-refractivity contribution in [2.24, 2.45) is 0 Å². The fourth-order valence-electron chi connectivity index (χ4n) is 2.50. The number of fused-ring (bicyclic) bond motifs is 1. The number of hydrogen-bond acceptors (Lipinski definition) is 3. The number of aliphatic carboxylic acids is 1. The summed E-state index contributed by atoms with van der Waals surface area (Å²) in [6.45, 7) is 0.532. The Kier molecular flexibility index (Phi) is 2.98. The smallest absolute Gasteiger partial charge is 0.326 e. The van der Waals surface area contributed by atoms with E-state index in [1.807, 2.05) is 30.3 Å². The van der Waals surface area contributed by atoms with Crippen LogP contribution in [-0.2, 0) is 4.79 Å². The van der Waals surface area contributed by atoms with Gasteiger partial charge in [-0.05, 0) is 30.4 Å². The molecule has 1 aromatic heterocycles. The van der Waals surface area contributed by atoms with Crippen LogP contribution in [0.25, 0.3) is 10.1 Å². The van der Waals surface area contributed by atoms with E-state index in [-0.39, 0.29) is 5.91 Å². The Hall–Kier alpha value is -1.88. The summed E-state index contributed by atoms with van der Waals surface area (Å²) in [5.41, 5.74) is 0. The van der Waals surface area contributed by atoms with E-state index in [0.29, 0.717) is 17.8 Å². The van der Waals surface area contributed by atoms with E-state index in [0.717, 1.165) is 16.5 Å². The lowest BCUT2D eigenvalue weighted by molar-refractivity contribution is -0.141. The number of benzene rings is 1. The minimum absolute atomic E-state index is 0.161. The van der Waals surface area contributed by atoms with Crippen molar-refractivity contribution in [2.45, 2.75) is 18.9 Å². The molecule has 19 heavy (non-hydrogen) atoms. The van der Waals surface area contributed by atoms with Crippen LogP contribution < -0.4 is 0 Å². The van der Waals surface area contributed by atoms with Gasteiger partial charge in [0.25, 0.3) is 5.91 Å². The van der Waals surface area contributed by atoms with Crippen LogP contribution in [0.1, 0.15) is 22.5 Å². The number of nitrogens with zero attached hydrogens (tertiary/aromatic N) is 1. The van der Waals surface area contributed by atoms with Gasteiger partial charge in [-0.2, -0.15) is 0 Å². The molecule has 2 heterocycles. The number of carboxylic acids is 1. The molecule has 1 amide bonds. The van der Waals surface area contributed by atoms with Crippen LogP contribution in [0.2, 0.25) is 0 Å². The van der Waals surface area contributed by atoms with Gasteiger partial charge >= 0.3 is 5.97 Å². The highest BCUT2D eigenvalue weighted by Gasteiger charge is 2.34. The fraction of sp³-hybridized carbons (Fsp3) is 0.286. The first-order chi connectivity index (χ1) is 9.16. The van der Waals surface area contributed by atoms with E-state index in [2.05, 4.69) is 0 Å². The van der Waals surface area contributed by atoms with Gasteiger partial charge in [-0.3, -0.25) is 4.79 Å². The molecule has 1 aliphatic rings. The predicted molar refractivity (Wildman–Crippen MR) is 73.5 cm³/mol. The maximum atomic E-state index is 12.4. The normalized spacial score (nSPS) is 18.9. The molecule has 1 unspecified atom stereocenters. The zero-order valence-electron chi connectivity index (χ0n) is 10.2. The predicted octanol–water partition coefficient (Wildman–Crippen LogP) is 2.59. The molecule has 1 N–H and O–H groups in total. The third-order valence-corrected chi connectivity index (χ3v) is 4.54. The second-order valence-corrected chi connectivity index (χ2v) is 5.73. The Bertz CT molecular complexity index is 616. The van der Waals surface area contributed by atoms with E-state index in [1.165, 1.54) is 16.2 Å². The number of carbonyl (C=O) groups is 2. The molecule has 1 saturated heterocycles. The van der Waals surface area contributed by atoms with E-state index in [4.69, 9.17) is 5.11 Å². The zero-order chi connectivity index (χ0) is 13.4.